The highest BCUT2D eigenvalue weighted by Crippen LogP contribution is 2.20. The molecule has 1 aromatic carbocycles. The highest BCUT2D eigenvalue weighted by molar-refractivity contribution is 5.79. The summed E-state index contributed by atoms with van der Waals surface area (Å²) in [5.74, 6) is 0.995. The van der Waals surface area contributed by atoms with Gasteiger partial charge in [-0.25, -0.2) is 4.98 Å². The molecule has 27 heavy (non-hydrogen) atoms. The number of amides is 1. The highest BCUT2D eigenvalue weighted by Gasteiger charge is 2.26. The van der Waals surface area contributed by atoms with Crippen molar-refractivity contribution < 1.29 is 9.53 Å². The molecule has 144 valence electrons. The van der Waals surface area contributed by atoms with Crippen molar-refractivity contribution in [3.63, 3.8) is 0 Å². The van der Waals surface area contributed by atoms with Gasteiger partial charge < -0.3 is 15.0 Å². The topological polar surface area (TPSA) is 67.3 Å². The quantitative estimate of drug-likeness (QED) is 0.689. The Labute approximate surface area is 161 Å². The third-order valence-electron chi connectivity index (χ3n) is 4.81. The van der Waals surface area contributed by atoms with E-state index in [1.165, 1.54) is 5.56 Å². The van der Waals surface area contributed by atoms with Crippen LogP contribution >= 0.6 is 0 Å². The summed E-state index contributed by atoms with van der Waals surface area (Å²) in [6.45, 7) is 3.68. The molecular weight excluding hydrogens is 340 g/mol. The summed E-state index contributed by atoms with van der Waals surface area (Å²) in [5, 5.41) is 3.05. The average molecular weight is 368 g/mol. The molecule has 1 aromatic heterocycles. The Morgan fingerprint density at radius 1 is 1.22 bits per heavy atom. The lowest BCUT2D eigenvalue weighted by molar-refractivity contribution is -0.125. The fourth-order valence-corrected chi connectivity index (χ4v) is 3.32. The lowest BCUT2D eigenvalue weighted by atomic mass is 9.97. The summed E-state index contributed by atoms with van der Waals surface area (Å²) in [7, 11) is 0. The molecule has 1 aliphatic rings. The Bertz CT molecular complexity index is 681. The minimum absolute atomic E-state index is 0.0137. The Kier molecular flexibility index (Phi) is 7.59. The summed E-state index contributed by atoms with van der Waals surface area (Å²) in [6, 6.07) is 10.3. The largest absolute Gasteiger partial charge is 0.381 e. The van der Waals surface area contributed by atoms with Crippen LogP contribution < -0.4 is 10.2 Å². The van der Waals surface area contributed by atoms with Crippen LogP contribution in [0, 0.1) is 5.92 Å². The van der Waals surface area contributed by atoms with Crippen LogP contribution in [0.15, 0.2) is 48.9 Å². The Hall–Kier alpha value is -2.47. The van der Waals surface area contributed by atoms with Crippen molar-refractivity contribution in [1.82, 2.24) is 15.3 Å². The monoisotopic (exact) mass is 368 g/mol. The zero-order valence-electron chi connectivity index (χ0n) is 15.7. The molecule has 1 saturated heterocycles. The second-order valence-electron chi connectivity index (χ2n) is 6.84. The molecule has 1 N–H and O–H groups in total. The third kappa shape index (κ3) is 6.32. The molecule has 0 radical (unpaired) electrons. The van der Waals surface area contributed by atoms with Crippen molar-refractivity contribution in [1.29, 1.82) is 0 Å². The molecule has 3 rings (SSSR count). The second-order valence-corrected chi connectivity index (χ2v) is 6.84. The zero-order valence-corrected chi connectivity index (χ0v) is 15.7. The van der Waals surface area contributed by atoms with Crippen LogP contribution in [0.4, 0.5) is 5.82 Å². The lowest BCUT2D eigenvalue weighted by Gasteiger charge is -2.32. The van der Waals surface area contributed by atoms with Crippen LogP contribution in [0.5, 0.6) is 0 Å². The minimum Gasteiger partial charge on any atom is -0.381 e. The van der Waals surface area contributed by atoms with Crippen LogP contribution in [0.3, 0.4) is 0 Å². The van der Waals surface area contributed by atoms with Crippen LogP contribution in [0.1, 0.15) is 24.8 Å². The van der Waals surface area contributed by atoms with Crippen molar-refractivity contribution in [3.05, 3.63) is 54.5 Å². The van der Waals surface area contributed by atoms with Gasteiger partial charge in [0.25, 0.3) is 0 Å². The summed E-state index contributed by atoms with van der Waals surface area (Å²) in [5.41, 5.74) is 1.29. The van der Waals surface area contributed by atoms with Gasteiger partial charge in [0, 0.05) is 38.6 Å². The maximum absolute atomic E-state index is 12.4. The number of benzene rings is 1. The van der Waals surface area contributed by atoms with Crippen LogP contribution in [0.2, 0.25) is 0 Å². The van der Waals surface area contributed by atoms with Gasteiger partial charge >= 0.3 is 0 Å². The predicted molar refractivity (Wildman–Crippen MR) is 106 cm³/mol. The van der Waals surface area contributed by atoms with E-state index in [0.717, 1.165) is 38.0 Å². The number of hydrogen-bond donors (Lipinski definition) is 1. The number of carbonyl (C=O) groups is 1. The smallest absolute Gasteiger partial charge is 0.224 e. The molecule has 1 fully saturated rings. The van der Waals surface area contributed by atoms with E-state index >= 15 is 0 Å². The first kappa shape index (κ1) is 19.3. The van der Waals surface area contributed by atoms with Gasteiger partial charge in [-0.15, -0.1) is 0 Å². The SMILES string of the molecule is O=C(NCCCOCCc1ccccc1)C1CCCN(c2cnccn2)C1. The van der Waals surface area contributed by atoms with Crippen molar-refractivity contribution >= 4 is 11.7 Å². The molecule has 0 spiro atoms. The van der Waals surface area contributed by atoms with E-state index in [4.69, 9.17) is 4.74 Å². The number of piperidine rings is 1. The van der Waals surface area contributed by atoms with Gasteiger partial charge in [-0.05, 0) is 31.2 Å². The number of aromatic nitrogens is 2. The molecule has 0 saturated carbocycles. The Morgan fingerprint density at radius 3 is 2.93 bits per heavy atom. The zero-order chi connectivity index (χ0) is 18.7. The molecule has 1 atom stereocenters. The molecule has 2 aromatic rings. The summed E-state index contributed by atoms with van der Waals surface area (Å²) in [6.07, 6.45) is 8.80. The molecule has 2 heterocycles. The maximum Gasteiger partial charge on any atom is 0.224 e. The first-order valence-electron chi connectivity index (χ1n) is 9.73. The second kappa shape index (κ2) is 10.6. The molecule has 1 amide bonds. The van der Waals surface area contributed by atoms with Gasteiger partial charge in [0.2, 0.25) is 5.91 Å². The number of nitrogens with zero attached hydrogens (tertiary/aromatic N) is 3. The van der Waals surface area contributed by atoms with Gasteiger partial charge in [0.1, 0.15) is 5.82 Å². The summed E-state index contributed by atoms with van der Waals surface area (Å²) < 4.78 is 5.67. The van der Waals surface area contributed by atoms with E-state index in [1.807, 2.05) is 18.2 Å². The van der Waals surface area contributed by atoms with Crippen molar-refractivity contribution in [3.8, 4) is 0 Å². The standard InChI is InChI=1S/C21H28N4O2/c26-21(19-8-4-13-25(17-19)20-16-22-11-12-23-20)24-10-5-14-27-15-9-18-6-2-1-3-7-18/h1-3,6-7,11-12,16,19H,4-5,8-10,13-15,17H2,(H,24,26). The van der Waals surface area contributed by atoms with Gasteiger partial charge in [-0.1, -0.05) is 30.3 Å². The molecule has 0 bridgehead atoms. The molecule has 6 nitrogen and oxygen atoms in total. The average Bonchev–Trinajstić information content (AvgIpc) is 2.74. The van der Waals surface area contributed by atoms with Gasteiger partial charge in [0.15, 0.2) is 0 Å². The molecular formula is C21H28N4O2. The van der Waals surface area contributed by atoms with Crippen LogP contribution in [0.25, 0.3) is 0 Å². The third-order valence-corrected chi connectivity index (χ3v) is 4.81. The van der Waals surface area contributed by atoms with Gasteiger partial charge in [-0.3, -0.25) is 9.78 Å². The first-order chi connectivity index (χ1) is 13.3. The molecule has 6 heteroatoms. The highest BCUT2D eigenvalue weighted by atomic mass is 16.5. The van der Waals surface area contributed by atoms with E-state index in [9.17, 15) is 4.79 Å². The normalized spacial score (nSPS) is 16.9. The van der Waals surface area contributed by atoms with E-state index in [2.05, 4.69) is 32.3 Å². The molecule has 0 aliphatic carbocycles. The predicted octanol–water partition coefficient (Wildman–Crippen LogP) is 2.46. The minimum atomic E-state index is 0.0137. The number of rotatable bonds is 9. The van der Waals surface area contributed by atoms with Gasteiger partial charge in [-0.2, -0.15) is 0 Å². The molecule has 1 aliphatic heterocycles. The first-order valence-corrected chi connectivity index (χ1v) is 9.73. The van der Waals surface area contributed by atoms with Crippen LogP contribution in [-0.2, 0) is 16.0 Å². The molecule has 1 unspecified atom stereocenters. The summed E-state index contributed by atoms with van der Waals surface area (Å²) in [4.78, 5) is 23.0. The summed E-state index contributed by atoms with van der Waals surface area (Å²) >= 11 is 0. The fraction of sp³-hybridized carbons (Fsp3) is 0.476. The van der Waals surface area contributed by atoms with Crippen molar-refractivity contribution in [2.45, 2.75) is 25.7 Å². The van der Waals surface area contributed by atoms with Crippen molar-refractivity contribution in [2.24, 2.45) is 5.92 Å². The Balaban J connectivity index is 1.29. The number of carbonyl (C=O) groups excluding carboxylic acids is 1. The van der Waals surface area contributed by atoms with E-state index in [0.29, 0.717) is 26.3 Å². The maximum atomic E-state index is 12.4. The Morgan fingerprint density at radius 2 is 2.11 bits per heavy atom. The van der Waals surface area contributed by atoms with Gasteiger partial charge in [0.05, 0.1) is 18.7 Å². The number of hydrogen-bond acceptors (Lipinski definition) is 5. The van der Waals surface area contributed by atoms with E-state index < -0.39 is 0 Å². The van der Waals surface area contributed by atoms with Crippen LogP contribution in [-0.4, -0.2) is 48.7 Å². The number of ether oxygens (including phenoxy) is 1. The van der Waals surface area contributed by atoms with Crippen molar-refractivity contribution in [2.75, 3.05) is 37.7 Å². The number of nitrogens with one attached hydrogen (secondary N) is 1. The van der Waals surface area contributed by atoms with E-state index in [-0.39, 0.29) is 11.8 Å². The lowest BCUT2D eigenvalue weighted by Crippen LogP contribution is -2.43. The number of anilines is 1. The van der Waals surface area contributed by atoms with E-state index in [1.54, 1.807) is 18.6 Å². The fourth-order valence-electron chi connectivity index (χ4n) is 3.32.